The summed E-state index contributed by atoms with van der Waals surface area (Å²) in [7, 11) is 1.70. The van der Waals surface area contributed by atoms with Crippen molar-refractivity contribution in [1.82, 2.24) is 5.32 Å². The van der Waals surface area contributed by atoms with Crippen LogP contribution in [0.1, 0.15) is 15.9 Å². The minimum absolute atomic E-state index is 0.238. The lowest BCUT2D eigenvalue weighted by Gasteiger charge is -2.10. The number of carboxylic acid groups (broad SMARTS) is 1. The summed E-state index contributed by atoms with van der Waals surface area (Å²) in [4.78, 5) is 10.7. The first-order chi connectivity index (χ1) is 7.04. The Morgan fingerprint density at radius 1 is 1.47 bits per heavy atom. The van der Waals surface area contributed by atoms with E-state index in [4.69, 9.17) is 17.3 Å². The monoisotopic (exact) mass is 224 g/mol. The molecule has 0 fully saturated rings. The quantitative estimate of drug-likeness (QED) is 0.666. The third-order valence-corrected chi connectivity index (χ3v) is 2.27. The second-order valence-corrected chi connectivity index (χ2v) is 3.45. The zero-order valence-electron chi connectivity index (χ0n) is 8.50. The summed E-state index contributed by atoms with van der Waals surface area (Å²) in [5, 5.41) is 14.9. The van der Waals surface area contributed by atoms with Crippen LogP contribution in [0.3, 0.4) is 0 Å². The molecule has 0 spiro atoms. The molecule has 0 amide bonds. The number of benzene rings is 1. The summed E-state index contributed by atoms with van der Waals surface area (Å²) in [6.07, 6.45) is 0. The van der Waals surface area contributed by atoms with Crippen molar-refractivity contribution in [2.75, 3.05) is 12.4 Å². The average Bonchev–Trinajstić information content (AvgIpc) is 2.20. The third kappa shape index (κ3) is 2.92. The first kappa shape index (κ1) is 11.5. The van der Waals surface area contributed by atoms with Crippen molar-refractivity contribution in [3.8, 4) is 0 Å². The fourth-order valence-corrected chi connectivity index (χ4v) is 1.18. The Morgan fingerprint density at radius 3 is 2.67 bits per heavy atom. The lowest BCUT2D eigenvalue weighted by molar-refractivity contribution is 0.0697. The highest BCUT2D eigenvalue weighted by Gasteiger charge is 2.06. The number of aromatic carboxylic acids is 1. The maximum atomic E-state index is 10.7. The van der Waals surface area contributed by atoms with E-state index >= 15 is 0 Å². The fourth-order valence-electron chi connectivity index (χ4n) is 1.07. The molecule has 0 aliphatic rings. The largest absolute Gasteiger partial charge is 0.478 e. The van der Waals surface area contributed by atoms with E-state index in [2.05, 4.69) is 10.6 Å². The highest BCUT2D eigenvalue weighted by Crippen LogP contribution is 2.16. The molecule has 0 bridgehead atoms. The molecule has 80 valence electrons. The molecule has 0 heterocycles. The molecule has 0 radical (unpaired) electrons. The van der Waals surface area contributed by atoms with Gasteiger partial charge in [-0.2, -0.15) is 0 Å². The summed E-state index contributed by atoms with van der Waals surface area (Å²) in [5.41, 5.74) is 1.88. The molecule has 1 aromatic rings. The van der Waals surface area contributed by atoms with Crippen LogP contribution in [-0.4, -0.2) is 23.2 Å². The van der Waals surface area contributed by atoms with Crippen LogP contribution in [0.5, 0.6) is 0 Å². The number of carboxylic acids is 1. The summed E-state index contributed by atoms with van der Waals surface area (Å²) in [6.45, 7) is 1.88. The fraction of sp³-hybridized carbons (Fsp3) is 0.200. The van der Waals surface area contributed by atoms with Crippen molar-refractivity contribution < 1.29 is 9.90 Å². The van der Waals surface area contributed by atoms with E-state index in [9.17, 15) is 4.79 Å². The van der Waals surface area contributed by atoms with Gasteiger partial charge in [-0.15, -0.1) is 0 Å². The van der Waals surface area contributed by atoms with Gasteiger partial charge in [0.05, 0.1) is 5.56 Å². The van der Waals surface area contributed by atoms with Crippen molar-refractivity contribution in [3.05, 3.63) is 29.3 Å². The van der Waals surface area contributed by atoms with Gasteiger partial charge in [0.1, 0.15) is 0 Å². The summed E-state index contributed by atoms with van der Waals surface area (Å²) in [6, 6.07) is 4.86. The summed E-state index contributed by atoms with van der Waals surface area (Å²) < 4.78 is 0. The number of carbonyl (C=O) groups is 1. The molecule has 1 rings (SSSR count). The third-order valence-electron chi connectivity index (χ3n) is 1.96. The number of rotatable bonds is 2. The van der Waals surface area contributed by atoms with E-state index in [-0.39, 0.29) is 5.56 Å². The molecule has 0 aliphatic heterocycles. The van der Waals surface area contributed by atoms with Crippen LogP contribution in [0.4, 0.5) is 5.69 Å². The summed E-state index contributed by atoms with van der Waals surface area (Å²) in [5.74, 6) is -0.951. The van der Waals surface area contributed by atoms with Crippen LogP contribution in [-0.2, 0) is 0 Å². The topological polar surface area (TPSA) is 61.4 Å². The highest BCUT2D eigenvalue weighted by molar-refractivity contribution is 7.80. The van der Waals surface area contributed by atoms with Gasteiger partial charge in [-0.25, -0.2) is 4.79 Å². The Balaban J connectivity index is 3.00. The van der Waals surface area contributed by atoms with E-state index < -0.39 is 5.97 Å². The first-order valence-corrected chi connectivity index (χ1v) is 4.78. The molecular formula is C10H12N2O2S. The molecule has 0 aromatic heterocycles. The Hall–Kier alpha value is -1.62. The average molecular weight is 224 g/mol. The molecule has 0 atom stereocenters. The standard InChI is InChI=1S/C10H12N2O2S/c1-6-3-4-7(9(13)14)5-8(6)12-10(15)11-2/h3-5H,1-2H3,(H,13,14)(H2,11,12,15). The zero-order valence-corrected chi connectivity index (χ0v) is 9.31. The Morgan fingerprint density at radius 2 is 2.13 bits per heavy atom. The Kier molecular flexibility index (Phi) is 3.62. The van der Waals surface area contributed by atoms with Gasteiger partial charge < -0.3 is 15.7 Å². The predicted octanol–water partition coefficient (Wildman–Crippen LogP) is 1.61. The molecule has 0 saturated carbocycles. The van der Waals surface area contributed by atoms with Crippen LogP contribution >= 0.6 is 12.2 Å². The number of anilines is 1. The Bertz CT molecular complexity index is 404. The van der Waals surface area contributed by atoms with Gasteiger partial charge in [0, 0.05) is 12.7 Å². The van der Waals surface area contributed by atoms with E-state index in [1.165, 1.54) is 0 Å². The number of hydrogen-bond acceptors (Lipinski definition) is 2. The second kappa shape index (κ2) is 4.75. The molecule has 0 aliphatic carbocycles. The van der Waals surface area contributed by atoms with Crippen molar-refractivity contribution >= 4 is 29.0 Å². The molecule has 1 aromatic carbocycles. The molecule has 5 heteroatoms. The van der Waals surface area contributed by atoms with Gasteiger partial charge in [-0.1, -0.05) is 6.07 Å². The minimum atomic E-state index is -0.951. The van der Waals surface area contributed by atoms with Crippen molar-refractivity contribution in [2.45, 2.75) is 6.92 Å². The lowest BCUT2D eigenvalue weighted by Crippen LogP contribution is -2.24. The lowest BCUT2D eigenvalue weighted by atomic mass is 10.1. The number of nitrogens with one attached hydrogen (secondary N) is 2. The van der Waals surface area contributed by atoms with Crippen LogP contribution in [0, 0.1) is 6.92 Å². The van der Waals surface area contributed by atoms with E-state index in [0.29, 0.717) is 10.8 Å². The van der Waals surface area contributed by atoms with Gasteiger partial charge in [0.15, 0.2) is 5.11 Å². The molecular weight excluding hydrogens is 212 g/mol. The minimum Gasteiger partial charge on any atom is -0.478 e. The van der Waals surface area contributed by atoms with Gasteiger partial charge in [-0.05, 0) is 36.8 Å². The van der Waals surface area contributed by atoms with Crippen LogP contribution in [0.2, 0.25) is 0 Å². The predicted molar refractivity (Wildman–Crippen MR) is 63.4 cm³/mol. The number of thiocarbonyl (C=S) groups is 1. The number of hydrogen-bond donors (Lipinski definition) is 3. The molecule has 4 nitrogen and oxygen atoms in total. The normalized spacial score (nSPS) is 9.47. The number of aryl methyl sites for hydroxylation is 1. The maximum absolute atomic E-state index is 10.7. The van der Waals surface area contributed by atoms with Gasteiger partial charge in [0.25, 0.3) is 0 Å². The van der Waals surface area contributed by atoms with Crippen LogP contribution in [0.15, 0.2) is 18.2 Å². The van der Waals surface area contributed by atoms with Crippen molar-refractivity contribution in [3.63, 3.8) is 0 Å². The van der Waals surface area contributed by atoms with Crippen LogP contribution < -0.4 is 10.6 Å². The maximum Gasteiger partial charge on any atom is 0.335 e. The van der Waals surface area contributed by atoms with Crippen LogP contribution in [0.25, 0.3) is 0 Å². The van der Waals surface area contributed by atoms with Gasteiger partial charge >= 0.3 is 5.97 Å². The van der Waals surface area contributed by atoms with E-state index in [0.717, 1.165) is 5.56 Å². The van der Waals surface area contributed by atoms with Crippen molar-refractivity contribution in [2.24, 2.45) is 0 Å². The highest BCUT2D eigenvalue weighted by atomic mass is 32.1. The van der Waals surface area contributed by atoms with Gasteiger partial charge in [0.2, 0.25) is 0 Å². The molecule has 3 N–H and O–H groups in total. The van der Waals surface area contributed by atoms with E-state index in [1.54, 1.807) is 25.2 Å². The molecule has 0 unspecified atom stereocenters. The van der Waals surface area contributed by atoms with Crippen molar-refractivity contribution in [1.29, 1.82) is 0 Å². The first-order valence-electron chi connectivity index (χ1n) is 4.37. The SMILES string of the molecule is CNC(=S)Nc1cc(C(=O)O)ccc1C. The summed E-state index contributed by atoms with van der Waals surface area (Å²) >= 11 is 4.94. The molecule has 15 heavy (non-hydrogen) atoms. The second-order valence-electron chi connectivity index (χ2n) is 3.04. The van der Waals surface area contributed by atoms with Gasteiger partial charge in [-0.3, -0.25) is 0 Å². The molecule has 0 saturated heterocycles. The van der Waals surface area contributed by atoms with E-state index in [1.807, 2.05) is 6.92 Å². The zero-order chi connectivity index (χ0) is 11.4. The Labute approximate surface area is 93.3 Å². The smallest absolute Gasteiger partial charge is 0.335 e.